The lowest BCUT2D eigenvalue weighted by Crippen LogP contribution is -2.10. The number of fused-ring (bicyclic) bond motifs is 1. The van der Waals surface area contributed by atoms with Crippen LogP contribution in [0.4, 0.5) is 23.0 Å². The summed E-state index contributed by atoms with van der Waals surface area (Å²) in [4.78, 5) is 8.52. The predicted molar refractivity (Wildman–Crippen MR) is 102 cm³/mol. The Hall–Kier alpha value is -2.96. The number of nitrogens with zero attached hydrogens (tertiary/aromatic N) is 2. The smallest absolute Gasteiger partial charge is 0.231 e. The molecule has 7 heteroatoms. The fourth-order valence-electron chi connectivity index (χ4n) is 3.22. The number of hydrogen-bond donors (Lipinski definition) is 3. The second kappa shape index (κ2) is 7.51. The molecule has 7 nitrogen and oxygen atoms in total. The minimum absolute atomic E-state index is 0.249. The quantitative estimate of drug-likeness (QED) is 0.679. The number of aromatic nitrogens is 2. The maximum absolute atomic E-state index is 6.24. The van der Waals surface area contributed by atoms with Gasteiger partial charge in [0.25, 0.3) is 0 Å². The van der Waals surface area contributed by atoms with E-state index >= 15 is 0 Å². The summed E-state index contributed by atoms with van der Waals surface area (Å²) in [7, 11) is 0. The lowest BCUT2D eigenvalue weighted by atomic mass is 9.97. The van der Waals surface area contributed by atoms with Crippen LogP contribution in [0.3, 0.4) is 0 Å². The van der Waals surface area contributed by atoms with Crippen LogP contribution in [-0.4, -0.2) is 23.3 Å². The molecule has 0 radical (unpaired) electrons. The van der Waals surface area contributed by atoms with E-state index in [1.54, 1.807) is 0 Å². The molecule has 4 rings (SSSR count). The van der Waals surface area contributed by atoms with Crippen molar-refractivity contribution in [3.8, 4) is 11.5 Å². The van der Waals surface area contributed by atoms with Gasteiger partial charge in [-0.05, 0) is 44.2 Å². The zero-order chi connectivity index (χ0) is 17.8. The van der Waals surface area contributed by atoms with Crippen LogP contribution in [0.2, 0.25) is 0 Å². The Kier molecular flexibility index (Phi) is 4.77. The molecule has 4 N–H and O–H groups in total. The molecule has 0 atom stereocenters. The third-order valence-corrected chi connectivity index (χ3v) is 4.64. The van der Waals surface area contributed by atoms with E-state index in [1.165, 1.54) is 37.6 Å². The summed E-state index contributed by atoms with van der Waals surface area (Å²) in [6, 6.07) is 5.63. The van der Waals surface area contributed by atoms with Gasteiger partial charge >= 0.3 is 0 Å². The molecule has 0 saturated carbocycles. The van der Waals surface area contributed by atoms with Crippen LogP contribution in [0.1, 0.15) is 32.1 Å². The van der Waals surface area contributed by atoms with E-state index in [4.69, 9.17) is 15.2 Å². The van der Waals surface area contributed by atoms with E-state index in [2.05, 4.69) is 26.7 Å². The molecule has 1 aromatic heterocycles. The van der Waals surface area contributed by atoms with Gasteiger partial charge in [-0.25, -0.2) is 9.97 Å². The van der Waals surface area contributed by atoms with Crippen LogP contribution >= 0.6 is 0 Å². The first-order chi connectivity index (χ1) is 12.8. The number of ether oxygens (including phenoxy) is 2. The molecule has 1 aliphatic carbocycles. The van der Waals surface area contributed by atoms with Gasteiger partial charge in [-0.1, -0.05) is 11.6 Å². The van der Waals surface area contributed by atoms with Crippen LogP contribution in [0.15, 0.2) is 36.2 Å². The first-order valence-electron chi connectivity index (χ1n) is 8.98. The topological polar surface area (TPSA) is 94.3 Å². The lowest BCUT2D eigenvalue weighted by Gasteiger charge is -2.15. The van der Waals surface area contributed by atoms with Gasteiger partial charge in [-0.2, -0.15) is 0 Å². The van der Waals surface area contributed by atoms with Crippen LogP contribution in [0, 0.1) is 0 Å². The summed E-state index contributed by atoms with van der Waals surface area (Å²) < 4.78 is 10.7. The van der Waals surface area contributed by atoms with Crippen molar-refractivity contribution < 1.29 is 9.47 Å². The van der Waals surface area contributed by atoms with E-state index < -0.39 is 0 Å². The van der Waals surface area contributed by atoms with Crippen molar-refractivity contribution in [3.63, 3.8) is 0 Å². The summed E-state index contributed by atoms with van der Waals surface area (Å²) >= 11 is 0. The maximum atomic E-state index is 6.24. The van der Waals surface area contributed by atoms with Gasteiger partial charge in [0.15, 0.2) is 23.1 Å². The molecule has 1 aliphatic heterocycles. The Balaban J connectivity index is 1.41. The molecule has 0 amide bonds. The molecule has 136 valence electrons. The monoisotopic (exact) mass is 353 g/mol. The minimum atomic E-state index is 0.249. The fourth-order valence-corrected chi connectivity index (χ4v) is 3.22. The number of rotatable bonds is 6. The molecular formula is C19H23N5O2. The number of nitrogens with one attached hydrogen (secondary N) is 2. The van der Waals surface area contributed by atoms with Crippen molar-refractivity contribution in [3.05, 3.63) is 36.2 Å². The van der Waals surface area contributed by atoms with Crippen molar-refractivity contribution in [1.29, 1.82) is 0 Å². The number of nitrogen functional groups attached to an aromatic ring is 1. The Bertz CT molecular complexity index is 822. The van der Waals surface area contributed by atoms with E-state index in [0.29, 0.717) is 23.1 Å². The average molecular weight is 353 g/mol. The van der Waals surface area contributed by atoms with E-state index in [-0.39, 0.29) is 6.79 Å². The minimum Gasteiger partial charge on any atom is -0.454 e. The van der Waals surface area contributed by atoms with Crippen LogP contribution in [-0.2, 0) is 0 Å². The zero-order valence-corrected chi connectivity index (χ0v) is 14.6. The summed E-state index contributed by atoms with van der Waals surface area (Å²) in [6.07, 6.45) is 9.91. The van der Waals surface area contributed by atoms with Crippen molar-refractivity contribution in [1.82, 2.24) is 9.97 Å². The number of nitrogens with two attached hydrogens (primary N) is 1. The van der Waals surface area contributed by atoms with E-state index in [1.807, 2.05) is 18.2 Å². The average Bonchev–Trinajstić information content (AvgIpc) is 3.13. The highest BCUT2D eigenvalue weighted by Gasteiger charge is 2.15. The normalized spacial score (nSPS) is 15.5. The Morgan fingerprint density at radius 1 is 1.08 bits per heavy atom. The molecule has 2 aliphatic rings. The number of allylic oxidation sites excluding steroid dienone is 1. The molecule has 26 heavy (non-hydrogen) atoms. The lowest BCUT2D eigenvalue weighted by molar-refractivity contribution is 0.174. The van der Waals surface area contributed by atoms with Crippen molar-refractivity contribution in [2.24, 2.45) is 0 Å². The number of benzene rings is 1. The van der Waals surface area contributed by atoms with Gasteiger partial charge in [0.1, 0.15) is 12.0 Å². The highest BCUT2D eigenvalue weighted by atomic mass is 16.7. The highest BCUT2D eigenvalue weighted by molar-refractivity contribution is 5.78. The Morgan fingerprint density at radius 3 is 2.85 bits per heavy atom. The van der Waals surface area contributed by atoms with Gasteiger partial charge in [0.05, 0.1) is 0 Å². The molecule has 0 spiro atoms. The predicted octanol–water partition coefficient (Wildman–Crippen LogP) is 3.83. The summed E-state index contributed by atoms with van der Waals surface area (Å²) in [5.74, 6) is 2.67. The maximum Gasteiger partial charge on any atom is 0.231 e. The standard InChI is InChI=1S/C19H23N5O2/c20-17-18(21-9-8-13-4-2-1-3-5-13)22-11-23-19(17)24-14-6-7-15-16(10-14)26-12-25-15/h4,6-7,10-11H,1-3,5,8-9,12,20H2,(H2,21,22,23,24). The first kappa shape index (κ1) is 16.5. The molecule has 1 aromatic carbocycles. The largest absolute Gasteiger partial charge is 0.454 e. The molecule has 2 heterocycles. The molecular weight excluding hydrogens is 330 g/mol. The highest BCUT2D eigenvalue weighted by Crippen LogP contribution is 2.36. The Labute approximate surface area is 152 Å². The van der Waals surface area contributed by atoms with Gasteiger partial charge < -0.3 is 25.8 Å². The molecule has 2 aromatic rings. The molecule has 0 fully saturated rings. The summed E-state index contributed by atoms with van der Waals surface area (Å²) in [5, 5.41) is 6.55. The van der Waals surface area contributed by atoms with Crippen LogP contribution in [0.5, 0.6) is 11.5 Å². The van der Waals surface area contributed by atoms with Crippen LogP contribution < -0.4 is 25.8 Å². The van der Waals surface area contributed by atoms with Crippen molar-refractivity contribution >= 4 is 23.0 Å². The molecule has 0 saturated heterocycles. The fraction of sp³-hybridized carbons (Fsp3) is 0.368. The van der Waals surface area contributed by atoms with Gasteiger partial charge in [0, 0.05) is 18.3 Å². The number of hydrogen-bond acceptors (Lipinski definition) is 7. The van der Waals surface area contributed by atoms with E-state index in [9.17, 15) is 0 Å². The number of anilines is 4. The third-order valence-electron chi connectivity index (χ3n) is 4.64. The van der Waals surface area contributed by atoms with Crippen LogP contribution in [0.25, 0.3) is 0 Å². The first-order valence-corrected chi connectivity index (χ1v) is 8.98. The van der Waals surface area contributed by atoms with Gasteiger partial charge in [-0.3, -0.25) is 0 Å². The van der Waals surface area contributed by atoms with Gasteiger partial charge in [-0.15, -0.1) is 0 Å². The zero-order valence-electron chi connectivity index (χ0n) is 14.6. The van der Waals surface area contributed by atoms with E-state index in [0.717, 1.165) is 24.4 Å². The Morgan fingerprint density at radius 2 is 1.96 bits per heavy atom. The van der Waals surface area contributed by atoms with Crippen molar-refractivity contribution in [2.45, 2.75) is 32.1 Å². The molecule has 0 bridgehead atoms. The second-order valence-corrected chi connectivity index (χ2v) is 6.46. The molecule has 0 unspecified atom stereocenters. The van der Waals surface area contributed by atoms with Gasteiger partial charge in [0.2, 0.25) is 6.79 Å². The second-order valence-electron chi connectivity index (χ2n) is 6.46. The summed E-state index contributed by atoms with van der Waals surface area (Å²) in [6.45, 7) is 1.06. The summed E-state index contributed by atoms with van der Waals surface area (Å²) in [5.41, 5.74) is 9.10. The third kappa shape index (κ3) is 3.66. The van der Waals surface area contributed by atoms with Crippen molar-refractivity contribution in [2.75, 3.05) is 29.7 Å². The SMILES string of the molecule is Nc1c(NCCC2=CCCCC2)ncnc1Nc1ccc2c(c1)OCO2.